The van der Waals surface area contributed by atoms with Gasteiger partial charge in [-0.1, -0.05) is 20.8 Å². The van der Waals surface area contributed by atoms with Crippen LogP contribution in [0.3, 0.4) is 0 Å². The van der Waals surface area contributed by atoms with Crippen molar-refractivity contribution < 1.29 is 24.9 Å². The topological polar surface area (TPSA) is 94.8 Å². The van der Waals surface area contributed by atoms with Crippen molar-refractivity contribution >= 4 is 11.6 Å². The maximum Gasteiger partial charge on any atom is 0.161 e. The number of aliphatic hydroxyl groups excluding tert-OH is 2. The molecule has 4 aliphatic rings. The molecule has 0 saturated heterocycles. The molecule has 0 spiro atoms. The van der Waals surface area contributed by atoms with E-state index in [0.717, 1.165) is 6.42 Å². The van der Waals surface area contributed by atoms with Crippen LogP contribution in [0.2, 0.25) is 0 Å². The van der Waals surface area contributed by atoms with Gasteiger partial charge in [0.05, 0.1) is 12.2 Å². The highest BCUT2D eigenvalue weighted by Gasteiger charge is 2.71. The van der Waals surface area contributed by atoms with E-state index in [9.17, 15) is 24.9 Å². The molecule has 152 valence electrons. The van der Waals surface area contributed by atoms with Crippen LogP contribution in [0.1, 0.15) is 72.6 Å². The summed E-state index contributed by atoms with van der Waals surface area (Å²) in [7, 11) is 0. The lowest BCUT2D eigenvalue weighted by molar-refractivity contribution is -0.241. The molecule has 0 heterocycles. The molecule has 4 saturated carbocycles. The Morgan fingerprint density at radius 2 is 1.74 bits per heavy atom. The van der Waals surface area contributed by atoms with E-state index in [-0.39, 0.29) is 34.7 Å². The van der Waals surface area contributed by atoms with Crippen LogP contribution in [0.15, 0.2) is 0 Å². The minimum atomic E-state index is -1.39. The molecule has 0 amide bonds. The highest BCUT2D eigenvalue weighted by atomic mass is 16.3. The lowest BCUT2D eigenvalue weighted by Crippen LogP contribution is -2.67. The Kier molecular flexibility index (Phi) is 4.08. The second kappa shape index (κ2) is 5.64. The van der Waals surface area contributed by atoms with Crippen LogP contribution in [0, 0.1) is 34.0 Å². The molecule has 4 rings (SSSR count). The van der Waals surface area contributed by atoms with Crippen molar-refractivity contribution in [3.63, 3.8) is 0 Å². The number of aliphatic hydroxyl groups is 3. The van der Waals surface area contributed by atoms with E-state index in [0.29, 0.717) is 38.5 Å². The number of Topliss-reactive ketones (excluding diaryl/α,β-unsaturated/α-hetero) is 2. The highest BCUT2D eigenvalue weighted by molar-refractivity contribution is 5.86. The molecule has 0 aliphatic heterocycles. The second-order valence-electron chi connectivity index (χ2n) is 10.7. The van der Waals surface area contributed by atoms with Gasteiger partial charge < -0.3 is 15.3 Å². The fraction of sp³-hybridized carbons (Fsp3) is 0.909. The maximum absolute atomic E-state index is 12.3. The first-order valence-corrected chi connectivity index (χ1v) is 10.5. The average molecular weight is 379 g/mol. The summed E-state index contributed by atoms with van der Waals surface area (Å²) in [6.45, 7) is 7.58. The van der Waals surface area contributed by atoms with Gasteiger partial charge in [-0.05, 0) is 62.2 Å². The van der Waals surface area contributed by atoms with Gasteiger partial charge >= 0.3 is 0 Å². The zero-order chi connectivity index (χ0) is 20.0. The fourth-order valence-electron chi connectivity index (χ4n) is 8.11. The van der Waals surface area contributed by atoms with Crippen LogP contribution in [0.4, 0.5) is 0 Å². The normalized spacial score (nSPS) is 57.6. The third kappa shape index (κ3) is 2.17. The largest absolute Gasteiger partial charge is 0.393 e. The molecule has 9 atom stereocenters. The summed E-state index contributed by atoms with van der Waals surface area (Å²) in [5, 5.41) is 33.7. The minimum Gasteiger partial charge on any atom is -0.393 e. The second-order valence-corrected chi connectivity index (χ2v) is 10.7. The molecule has 5 nitrogen and oxygen atoms in total. The van der Waals surface area contributed by atoms with Crippen LogP contribution in [-0.2, 0) is 9.59 Å². The zero-order valence-corrected chi connectivity index (χ0v) is 17.0. The molecule has 4 fully saturated rings. The molecule has 0 radical (unpaired) electrons. The van der Waals surface area contributed by atoms with Crippen molar-refractivity contribution in [2.24, 2.45) is 34.0 Å². The molecule has 3 N–H and O–H groups in total. The van der Waals surface area contributed by atoms with Crippen LogP contribution in [0.25, 0.3) is 0 Å². The van der Waals surface area contributed by atoms with Gasteiger partial charge in [-0.15, -0.1) is 0 Å². The Morgan fingerprint density at radius 1 is 1.07 bits per heavy atom. The van der Waals surface area contributed by atoms with Gasteiger partial charge in [-0.2, -0.15) is 0 Å². The van der Waals surface area contributed by atoms with Crippen LogP contribution >= 0.6 is 0 Å². The molecular weight excluding hydrogens is 344 g/mol. The van der Waals surface area contributed by atoms with E-state index in [4.69, 9.17) is 0 Å². The number of hydrogen-bond donors (Lipinski definition) is 3. The summed E-state index contributed by atoms with van der Waals surface area (Å²) in [5.74, 6) is 0.150. The lowest BCUT2D eigenvalue weighted by Gasteiger charge is -2.67. The minimum absolute atomic E-state index is 0.00798. The number of ketones is 2. The predicted molar refractivity (Wildman–Crippen MR) is 99.8 cm³/mol. The number of rotatable bonds is 1. The number of fused-ring (bicyclic) bond motifs is 5. The molecular formula is C22H34O5. The number of carbonyl (C=O) groups is 2. The Morgan fingerprint density at radius 3 is 2.37 bits per heavy atom. The molecule has 4 aliphatic carbocycles. The first-order valence-electron chi connectivity index (χ1n) is 10.5. The summed E-state index contributed by atoms with van der Waals surface area (Å²) in [5.41, 5.74) is -2.89. The van der Waals surface area contributed by atoms with E-state index >= 15 is 0 Å². The molecule has 5 heteroatoms. The fourth-order valence-corrected chi connectivity index (χ4v) is 8.11. The molecule has 0 aromatic heterocycles. The third-order valence-electron chi connectivity index (χ3n) is 9.95. The number of hydrogen-bond acceptors (Lipinski definition) is 5. The van der Waals surface area contributed by atoms with Crippen molar-refractivity contribution in [2.45, 2.75) is 90.4 Å². The molecule has 0 unspecified atom stereocenters. The first kappa shape index (κ1) is 19.5. The first-order chi connectivity index (χ1) is 12.4. The van der Waals surface area contributed by atoms with Crippen LogP contribution in [-0.4, -0.2) is 44.7 Å². The van der Waals surface area contributed by atoms with Gasteiger partial charge in [0.25, 0.3) is 0 Å². The van der Waals surface area contributed by atoms with Crippen molar-refractivity contribution in [1.82, 2.24) is 0 Å². The average Bonchev–Trinajstić information content (AvgIpc) is 2.83. The number of carbonyl (C=O) groups excluding carboxylic acids is 2. The Labute approximate surface area is 161 Å². The zero-order valence-electron chi connectivity index (χ0n) is 17.0. The van der Waals surface area contributed by atoms with Crippen LogP contribution < -0.4 is 0 Å². The predicted octanol–water partition coefficient (Wildman–Crippen LogP) is 2.25. The third-order valence-corrected chi connectivity index (χ3v) is 9.95. The Bertz CT molecular complexity index is 690. The van der Waals surface area contributed by atoms with Gasteiger partial charge in [-0.3, -0.25) is 9.59 Å². The van der Waals surface area contributed by atoms with Crippen molar-refractivity contribution in [2.75, 3.05) is 0 Å². The quantitative estimate of drug-likeness (QED) is 0.650. The van der Waals surface area contributed by atoms with Gasteiger partial charge in [0.15, 0.2) is 5.78 Å². The van der Waals surface area contributed by atoms with Gasteiger partial charge in [0.2, 0.25) is 0 Å². The van der Waals surface area contributed by atoms with E-state index in [1.54, 1.807) is 0 Å². The summed E-state index contributed by atoms with van der Waals surface area (Å²) in [4.78, 5) is 24.5. The van der Waals surface area contributed by atoms with Crippen molar-refractivity contribution in [1.29, 1.82) is 0 Å². The van der Waals surface area contributed by atoms with E-state index in [1.165, 1.54) is 6.92 Å². The summed E-state index contributed by atoms with van der Waals surface area (Å²) in [6, 6.07) is 0. The highest BCUT2D eigenvalue weighted by Crippen LogP contribution is 2.70. The van der Waals surface area contributed by atoms with Gasteiger partial charge in [-0.25, -0.2) is 0 Å². The van der Waals surface area contributed by atoms with E-state index < -0.39 is 28.6 Å². The molecule has 27 heavy (non-hydrogen) atoms. The molecule has 0 aromatic carbocycles. The summed E-state index contributed by atoms with van der Waals surface area (Å²) >= 11 is 0. The van der Waals surface area contributed by atoms with Gasteiger partial charge in [0.1, 0.15) is 11.4 Å². The van der Waals surface area contributed by atoms with E-state index in [1.807, 2.05) is 13.8 Å². The van der Waals surface area contributed by atoms with Crippen LogP contribution in [0.5, 0.6) is 0 Å². The molecule has 0 bridgehead atoms. The smallest absolute Gasteiger partial charge is 0.161 e. The monoisotopic (exact) mass is 378 g/mol. The SMILES string of the molecule is CC(=O)[C@@]1(O)CC[C@H]2[C@@H]3C[C@H](O)[C@]4(C)CC(=O)CC[C@]4(C)[C@H]3[C@@H](O)C[C@@]21C. The summed E-state index contributed by atoms with van der Waals surface area (Å²) < 4.78 is 0. The Hall–Kier alpha value is -0.780. The van der Waals surface area contributed by atoms with E-state index in [2.05, 4.69) is 6.92 Å². The van der Waals surface area contributed by atoms with Crippen molar-refractivity contribution in [3.05, 3.63) is 0 Å². The lowest BCUT2D eigenvalue weighted by atomic mass is 9.39. The molecule has 0 aromatic rings. The maximum atomic E-state index is 12.3. The summed E-state index contributed by atoms with van der Waals surface area (Å²) in [6.07, 6.45) is 2.46. The van der Waals surface area contributed by atoms with Gasteiger partial charge in [0, 0.05) is 23.7 Å². The Balaban J connectivity index is 1.78. The standard InChI is InChI=1S/C22H34O5/c1-12(23)22(27)8-6-15-14-9-17(26)21(4)10-13(24)5-7-19(21,2)18(14)16(25)11-20(15,22)3/h14-18,25-27H,5-11H2,1-4H3/t14-,15-,16-,17-,18+,19+,20-,21-,22-/m0/s1. The van der Waals surface area contributed by atoms with Crippen molar-refractivity contribution in [3.8, 4) is 0 Å².